The zero-order valence-corrected chi connectivity index (χ0v) is 13.0. The average Bonchev–Trinajstić information content (AvgIpc) is 2.42. The highest BCUT2D eigenvalue weighted by Gasteiger charge is 2.26. The standard InChI is InChI=1S/C15H24N2O2S/c1-3-16-13-8-10-14(11-9-13)20(18,19)17-15-7-5-4-6-12(15)2/h8-12,15-17H,3-7H2,1-2H3. The van der Waals surface area contributed by atoms with Crippen molar-refractivity contribution in [1.29, 1.82) is 0 Å². The van der Waals surface area contributed by atoms with Crippen molar-refractivity contribution in [3.63, 3.8) is 0 Å². The topological polar surface area (TPSA) is 58.2 Å². The van der Waals surface area contributed by atoms with Crippen LogP contribution in [0.3, 0.4) is 0 Å². The minimum atomic E-state index is -3.40. The maximum atomic E-state index is 12.4. The molecule has 0 aliphatic heterocycles. The number of hydrogen-bond donors (Lipinski definition) is 2. The molecule has 0 spiro atoms. The van der Waals surface area contributed by atoms with E-state index in [0.717, 1.165) is 31.5 Å². The van der Waals surface area contributed by atoms with Crippen LogP contribution in [0.4, 0.5) is 5.69 Å². The smallest absolute Gasteiger partial charge is 0.240 e. The van der Waals surface area contributed by atoms with E-state index in [1.165, 1.54) is 6.42 Å². The molecule has 0 radical (unpaired) electrons. The highest BCUT2D eigenvalue weighted by atomic mass is 32.2. The summed E-state index contributed by atoms with van der Waals surface area (Å²) in [5.41, 5.74) is 0.942. The van der Waals surface area contributed by atoms with E-state index in [-0.39, 0.29) is 6.04 Å². The second-order valence-corrected chi connectivity index (χ2v) is 7.26. The number of nitrogens with one attached hydrogen (secondary N) is 2. The first-order valence-electron chi connectivity index (χ1n) is 7.39. The van der Waals surface area contributed by atoms with Crippen LogP contribution in [-0.2, 0) is 10.0 Å². The largest absolute Gasteiger partial charge is 0.385 e. The molecule has 1 aromatic rings. The van der Waals surface area contributed by atoms with Crippen LogP contribution < -0.4 is 10.0 Å². The summed E-state index contributed by atoms with van der Waals surface area (Å²) < 4.78 is 27.6. The van der Waals surface area contributed by atoms with E-state index in [2.05, 4.69) is 17.0 Å². The lowest BCUT2D eigenvalue weighted by Crippen LogP contribution is -2.40. The number of hydrogen-bond acceptors (Lipinski definition) is 3. The van der Waals surface area contributed by atoms with E-state index >= 15 is 0 Å². The Morgan fingerprint density at radius 3 is 2.40 bits per heavy atom. The van der Waals surface area contributed by atoms with Gasteiger partial charge in [0.05, 0.1) is 4.90 Å². The Bertz CT molecular complexity index is 525. The van der Waals surface area contributed by atoms with Crippen molar-refractivity contribution in [3.8, 4) is 0 Å². The van der Waals surface area contributed by atoms with Gasteiger partial charge in [-0.1, -0.05) is 19.8 Å². The summed E-state index contributed by atoms with van der Waals surface area (Å²) in [5, 5.41) is 3.16. The highest BCUT2D eigenvalue weighted by molar-refractivity contribution is 7.89. The van der Waals surface area contributed by atoms with Crippen molar-refractivity contribution in [3.05, 3.63) is 24.3 Å². The minimum absolute atomic E-state index is 0.0715. The summed E-state index contributed by atoms with van der Waals surface area (Å²) in [6, 6.07) is 7.01. The van der Waals surface area contributed by atoms with Crippen LogP contribution in [0.25, 0.3) is 0 Å². The average molecular weight is 296 g/mol. The highest BCUT2D eigenvalue weighted by Crippen LogP contribution is 2.25. The van der Waals surface area contributed by atoms with Gasteiger partial charge < -0.3 is 5.32 Å². The van der Waals surface area contributed by atoms with Crippen LogP contribution in [0.2, 0.25) is 0 Å². The molecule has 0 heterocycles. The van der Waals surface area contributed by atoms with Crippen molar-refractivity contribution < 1.29 is 8.42 Å². The van der Waals surface area contributed by atoms with Crippen LogP contribution in [0.15, 0.2) is 29.2 Å². The number of benzene rings is 1. The lowest BCUT2D eigenvalue weighted by molar-refractivity contribution is 0.310. The van der Waals surface area contributed by atoms with Crippen molar-refractivity contribution in [1.82, 2.24) is 4.72 Å². The lowest BCUT2D eigenvalue weighted by Gasteiger charge is -2.29. The second kappa shape index (κ2) is 6.59. The van der Waals surface area contributed by atoms with E-state index in [9.17, 15) is 8.42 Å². The number of anilines is 1. The van der Waals surface area contributed by atoms with Gasteiger partial charge in [-0.15, -0.1) is 0 Å². The lowest BCUT2D eigenvalue weighted by atomic mass is 9.87. The van der Waals surface area contributed by atoms with Crippen molar-refractivity contribution in [2.24, 2.45) is 5.92 Å². The summed E-state index contributed by atoms with van der Waals surface area (Å²) in [4.78, 5) is 0.344. The zero-order valence-electron chi connectivity index (χ0n) is 12.2. The predicted octanol–water partition coefficient (Wildman–Crippen LogP) is 2.98. The van der Waals surface area contributed by atoms with Gasteiger partial charge in [0.25, 0.3) is 0 Å². The number of rotatable bonds is 5. The Morgan fingerprint density at radius 1 is 1.15 bits per heavy atom. The molecule has 0 aromatic heterocycles. The van der Waals surface area contributed by atoms with Gasteiger partial charge in [-0.3, -0.25) is 0 Å². The van der Waals surface area contributed by atoms with Gasteiger partial charge in [0, 0.05) is 18.3 Å². The molecule has 5 heteroatoms. The van der Waals surface area contributed by atoms with E-state index < -0.39 is 10.0 Å². The molecular formula is C15H24N2O2S. The number of sulfonamides is 1. The maximum absolute atomic E-state index is 12.4. The molecule has 1 fully saturated rings. The molecule has 112 valence electrons. The van der Waals surface area contributed by atoms with Crippen LogP contribution in [0.1, 0.15) is 39.5 Å². The van der Waals surface area contributed by atoms with E-state index in [1.807, 2.05) is 19.1 Å². The molecule has 20 heavy (non-hydrogen) atoms. The van der Waals surface area contributed by atoms with Crippen LogP contribution in [0, 0.1) is 5.92 Å². The van der Waals surface area contributed by atoms with Gasteiger partial charge in [0.15, 0.2) is 0 Å². The normalized spacial score (nSPS) is 23.5. The monoisotopic (exact) mass is 296 g/mol. The maximum Gasteiger partial charge on any atom is 0.240 e. The Hall–Kier alpha value is -1.07. The van der Waals surface area contributed by atoms with Gasteiger partial charge in [-0.05, 0) is 49.9 Å². The fourth-order valence-corrected chi connectivity index (χ4v) is 4.09. The summed E-state index contributed by atoms with van der Waals surface area (Å²) >= 11 is 0. The van der Waals surface area contributed by atoms with Crippen LogP contribution in [0.5, 0.6) is 0 Å². The first-order valence-corrected chi connectivity index (χ1v) is 8.87. The van der Waals surface area contributed by atoms with Gasteiger partial charge >= 0.3 is 0 Å². The van der Waals surface area contributed by atoms with Gasteiger partial charge in [0.2, 0.25) is 10.0 Å². The van der Waals surface area contributed by atoms with Crippen molar-refractivity contribution >= 4 is 15.7 Å². The second-order valence-electron chi connectivity index (χ2n) is 5.54. The molecule has 2 rings (SSSR count). The zero-order chi connectivity index (χ0) is 14.6. The van der Waals surface area contributed by atoms with Gasteiger partial charge in [-0.25, -0.2) is 13.1 Å². The fraction of sp³-hybridized carbons (Fsp3) is 0.600. The molecule has 0 amide bonds. The molecule has 1 aliphatic rings. The third-order valence-corrected chi connectivity index (χ3v) is 5.47. The molecule has 1 aliphatic carbocycles. The quantitative estimate of drug-likeness (QED) is 0.878. The first-order chi connectivity index (χ1) is 9.53. The van der Waals surface area contributed by atoms with E-state index in [1.54, 1.807) is 12.1 Å². The molecule has 1 aromatic carbocycles. The molecule has 4 nitrogen and oxygen atoms in total. The predicted molar refractivity (Wildman–Crippen MR) is 82.3 cm³/mol. The minimum Gasteiger partial charge on any atom is -0.385 e. The molecule has 1 saturated carbocycles. The van der Waals surface area contributed by atoms with Crippen molar-refractivity contribution in [2.75, 3.05) is 11.9 Å². The third kappa shape index (κ3) is 3.73. The van der Waals surface area contributed by atoms with E-state index in [4.69, 9.17) is 0 Å². The molecular weight excluding hydrogens is 272 g/mol. The van der Waals surface area contributed by atoms with Crippen LogP contribution in [-0.4, -0.2) is 21.0 Å². The Labute approximate surface area is 122 Å². The summed E-state index contributed by atoms with van der Waals surface area (Å²) in [7, 11) is -3.40. The summed E-state index contributed by atoms with van der Waals surface area (Å²) in [5.74, 6) is 0.416. The van der Waals surface area contributed by atoms with Crippen LogP contribution >= 0.6 is 0 Å². The van der Waals surface area contributed by atoms with Gasteiger partial charge in [0.1, 0.15) is 0 Å². The summed E-state index contributed by atoms with van der Waals surface area (Å²) in [6.07, 6.45) is 4.36. The molecule has 0 saturated heterocycles. The Balaban J connectivity index is 2.09. The molecule has 2 atom stereocenters. The Kier molecular flexibility index (Phi) is 5.05. The van der Waals surface area contributed by atoms with E-state index in [0.29, 0.717) is 10.8 Å². The Morgan fingerprint density at radius 2 is 1.80 bits per heavy atom. The van der Waals surface area contributed by atoms with Crippen molar-refractivity contribution in [2.45, 2.75) is 50.5 Å². The van der Waals surface area contributed by atoms with Gasteiger partial charge in [-0.2, -0.15) is 0 Å². The molecule has 0 bridgehead atoms. The molecule has 2 N–H and O–H groups in total. The fourth-order valence-electron chi connectivity index (χ4n) is 2.71. The first kappa shape index (κ1) is 15.3. The summed E-state index contributed by atoms with van der Waals surface area (Å²) in [6.45, 7) is 4.96. The SMILES string of the molecule is CCNc1ccc(S(=O)(=O)NC2CCCCC2C)cc1. The third-order valence-electron chi connectivity index (χ3n) is 3.96. The molecule has 2 unspecified atom stereocenters.